The lowest BCUT2D eigenvalue weighted by Crippen LogP contribution is -2.49. The Labute approximate surface area is 107 Å². The molecule has 18 heavy (non-hydrogen) atoms. The van der Waals surface area contributed by atoms with E-state index in [1.165, 1.54) is 0 Å². The van der Waals surface area contributed by atoms with Crippen LogP contribution in [-0.2, 0) is 4.74 Å². The van der Waals surface area contributed by atoms with E-state index in [2.05, 4.69) is 15.5 Å². The Morgan fingerprint density at radius 1 is 1.56 bits per heavy atom. The first-order valence-electron chi connectivity index (χ1n) is 6.16. The summed E-state index contributed by atoms with van der Waals surface area (Å²) in [5, 5.41) is 10.1. The number of nitrogens with one attached hydrogen (secondary N) is 2. The minimum absolute atomic E-state index is 0.116. The largest absolute Gasteiger partial charge is 0.444 e. The predicted molar refractivity (Wildman–Crippen MR) is 67.1 cm³/mol. The zero-order valence-corrected chi connectivity index (χ0v) is 11.1. The summed E-state index contributed by atoms with van der Waals surface area (Å²) in [5.74, 6) is 0. The van der Waals surface area contributed by atoms with Crippen molar-refractivity contribution in [2.24, 2.45) is 0 Å². The average Bonchev–Trinajstić information content (AvgIpc) is 2.80. The normalized spacial score (nSPS) is 20.8. The highest BCUT2D eigenvalue weighted by Gasteiger charge is 2.28. The third-order valence-electron chi connectivity index (χ3n) is 2.75. The second-order valence-corrected chi connectivity index (χ2v) is 5.46. The van der Waals surface area contributed by atoms with Crippen molar-refractivity contribution in [1.29, 1.82) is 0 Å². The molecule has 0 aromatic carbocycles. The van der Waals surface area contributed by atoms with Gasteiger partial charge in [0.2, 0.25) is 0 Å². The van der Waals surface area contributed by atoms with Gasteiger partial charge in [0.25, 0.3) is 0 Å². The summed E-state index contributed by atoms with van der Waals surface area (Å²) in [5.41, 5.74) is 0.607. The van der Waals surface area contributed by atoms with E-state index in [-0.39, 0.29) is 12.1 Å². The average molecular weight is 252 g/mol. The maximum Gasteiger partial charge on any atom is 0.410 e. The Bertz CT molecular complexity index is 397. The summed E-state index contributed by atoms with van der Waals surface area (Å²) in [4.78, 5) is 13.7. The molecular formula is C12H20N4O2. The SMILES string of the molecule is CC(C)(C)OC(=O)N1CCNC(c2cn[nH]c2)C1. The van der Waals surface area contributed by atoms with E-state index in [1.54, 1.807) is 11.1 Å². The van der Waals surface area contributed by atoms with E-state index < -0.39 is 5.60 Å². The molecule has 1 saturated heterocycles. The first-order valence-corrected chi connectivity index (χ1v) is 6.16. The van der Waals surface area contributed by atoms with Crippen LogP contribution in [0.15, 0.2) is 12.4 Å². The number of piperazine rings is 1. The molecule has 1 aliphatic heterocycles. The second kappa shape index (κ2) is 4.97. The molecule has 1 aromatic rings. The predicted octanol–water partition coefficient (Wildman–Crippen LogP) is 1.29. The lowest BCUT2D eigenvalue weighted by molar-refractivity contribution is 0.0195. The Kier molecular flexibility index (Phi) is 3.56. The van der Waals surface area contributed by atoms with Crippen molar-refractivity contribution < 1.29 is 9.53 Å². The maximum absolute atomic E-state index is 12.0. The van der Waals surface area contributed by atoms with Gasteiger partial charge in [0, 0.05) is 31.4 Å². The molecule has 1 amide bonds. The standard InChI is InChI=1S/C12H20N4O2/c1-12(2,3)18-11(17)16-5-4-13-10(8-16)9-6-14-15-7-9/h6-7,10,13H,4-5,8H2,1-3H3,(H,14,15). The van der Waals surface area contributed by atoms with Gasteiger partial charge in [-0.1, -0.05) is 0 Å². The fraction of sp³-hybridized carbons (Fsp3) is 0.667. The number of carbonyl (C=O) groups excluding carboxylic acids is 1. The molecule has 1 aromatic heterocycles. The zero-order chi connectivity index (χ0) is 13.2. The fourth-order valence-corrected chi connectivity index (χ4v) is 1.92. The van der Waals surface area contributed by atoms with Crippen LogP contribution >= 0.6 is 0 Å². The minimum Gasteiger partial charge on any atom is -0.444 e. The van der Waals surface area contributed by atoms with Crippen LogP contribution in [0, 0.1) is 0 Å². The van der Waals surface area contributed by atoms with Gasteiger partial charge in [-0.3, -0.25) is 5.10 Å². The highest BCUT2D eigenvalue weighted by Crippen LogP contribution is 2.18. The maximum atomic E-state index is 12.0. The number of aromatic amines is 1. The van der Waals surface area contributed by atoms with Crippen molar-refractivity contribution in [1.82, 2.24) is 20.4 Å². The monoisotopic (exact) mass is 252 g/mol. The van der Waals surface area contributed by atoms with E-state index in [0.29, 0.717) is 13.1 Å². The van der Waals surface area contributed by atoms with Crippen molar-refractivity contribution in [2.45, 2.75) is 32.4 Å². The molecule has 100 valence electrons. The molecule has 6 heteroatoms. The minimum atomic E-state index is -0.451. The van der Waals surface area contributed by atoms with E-state index in [9.17, 15) is 4.79 Å². The summed E-state index contributed by atoms with van der Waals surface area (Å²) >= 11 is 0. The van der Waals surface area contributed by atoms with Gasteiger partial charge in [-0.05, 0) is 20.8 Å². The van der Waals surface area contributed by atoms with Crippen molar-refractivity contribution in [3.05, 3.63) is 18.0 Å². The molecule has 1 aliphatic rings. The van der Waals surface area contributed by atoms with Gasteiger partial charge >= 0.3 is 6.09 Å². The van der Waals surface area contributed by atoms with Crippen LogP contribution in [0.1, 0.15) is 32.4 Å². The van der Waals surface area contributed by atoms with Crippen molar-refractivity contribution in [2.75, 3.05) is 19.6 Å². The zero-order valence-electron chi connectivity index (χ0n) is 11.1. The van der Waals surface area contributed by atoms with Gasteiger partial charge in [0.15, 0.2) is 0 Å². The number of aromatic nitrogens is 2. The Morgan fingerprint density at radius 3 is 2.94 bits per heavy atom. The third-order valence-corrected chi connectivity index (χ3v) is 2.75. The Balaban J connectivity index is 1.96. The molecule has 0 saturated carbocycles. The third kappa shape index (κ3) is 3.22. The molecule has 1 fully saturated rings. The van der Waals surface area contributed by atoms with E-state index in [4.69, 9.17) is 4.74 Å². The first kappa shape index (κ1) is 12.9. The van der Waals surface area contributed by atoms with E-state index >= 15 is 0 Å². The number of amides is 1. The topological polar surface area (TPSA) is 70.2 Å². The highest BCUT2D eigenvalue weighted by atomic mass is 16.6. The molecule has 1 unspecified atom stereocenters. The second-order valence-electron chi connectivity index (χ2n) is 5.46. The lowest BCUT2D eigenvalue weighted by Gasteiger charge is -2.34. The van der Waals surface area contributed by atoms with Gasteiger partial charge in [-0.2, -0.15) is 5.10 Å². The van der Waals surface area contributed by atoms with E-state index in [1.807, 2.05) is 27.0 Å². The Hall–Kier alpha value is -1.56. The molecule has 0 radical (unpaired) electrons. The van der Waals surface area contributed by atoms with Crippen LogP contribution < -0.4 is 5.32 Å². The number of hydrogen-bond acceptors (Lipinski definition) is 4. The summed E-state index contributed by atoms with van der Waals surface area (Å²) < 4.78 is 5.38. The van der Waals surface area contributed by atoms with Crippen LogP contribution in [0.4, 0.5) is 4.79 Å². The van der Waals surface area contributed by atoms with Crippen LogP contribution in [0.5, 0.6) is 0 Å². The fourth-order valence-electron chi connectivity index (χ4n) is 1.92. The van der Waals surface area contributed by atoms with Crippen molar-refractivity contribution in [3.8, 4) is 0 Å². The van der Waals surface area contributed by atoms with Crippen LogP contribution in [0.3, 0.4) is 0 Å². The molecular weight excluding hydrogens is 232 g/mol. The van der Waals surface area contributed by atoms with Gasteiger partial charge in [0.1, 0.15) is 5.60 Å². The molecule has 2 N–H and O–H groups in total. The number of hydrogen-bond donors (Lipinski definition) is 2. The molecule has 0 spiro atoms. The first-order chi connectivity index (χ1) is 8.46. The quantitative estimate of drug-likeness (QED) is 0.790. The number of H-pyrrole nitrogens is 1. The van der Waals surface area contributed by atoms with E-state index in [0.717, 1.165) is 12.1 Å². The van der Waals surface area contributed by atoms with Crippen molar-refractivity contribution in [3.63, 3.8) is 0 Å². The summed E-state index contributed by atoms with van der Waals surface area (Å²) in [6, 6.07) is 0.116. The Morgan fingerprint density at radius 2 is 2.33 bits per heavy atom. The molecule has 1 atom stereocenters. The number of carbonyl (C=O) groups is 1. The smallest absolute Gasteiger partial charge is 0.410 e. The summed E-state index contributed by atoms with van der Waals surface area (Å²) in [6.45, 7) is 7.66. The number of rotatable bonds is 1. The molecule has 0 bridgehead atoms. The number of nitrogens with zero attached hydrogens (tertiary/aromatic N) is 2. The summed E-state index contributed by atoms with van der Waals surface area (Å²) in [6.07, 6.45) is 3.37. The molecule has 2 rings (SSSR count). The van der Waals surface area contributed by atoms with Gasteiger partial charge in [-0.15, -0.1) is 0 Å². The molecule has 0 aliphatic carbocycles. The van der Waals surface area contributed by atoms with Gasteiger partial charge in [-0.25, -0.2) is 4.79 Å². The molecule has 6 nitrogen and oxygen atoms in total. The lowest BCUT2D eigenvalue weighted by atomic mass is 10.1. The van der Waals surface area contributed by atoms with Gasteiger partial charge in [0.05, 0.1) is 12.2 Å². The highest BCUT2D eigenvalue weighted by molar-refractivity contribution is 5.68. The van der Waals surface area contributed by atoms with Crippen LogP contribution in [0.25, 0.3) is 0 Å². The van der Waals surface area contributed by atoms with Crippen LogP contribution in [0.2, 0.25) is 0 Å². The number of ether oxygens (including phenoxy) is 1. The van der Waals surface area contributed by atoms with Gasteiger partial charge < -0.3 is 15.0 Å². The van der Waals surface area contributed by atoms with Crippen LogP contribution in [-0.4, -0.2) is 46.4 Å². The van der Waals surface area contributed by atoms with Crippen molar-refractivity contribution >= 4 is 6.09 Å². The summed E-state index contributed by atoms with van der Waals surface area (Å²) in [7, 11) is 0. The molecule has 2 heterocycles.